The van der Waals surface area contributed by atoms with Crippen molar-refractivity contribution in [3.05, 3.63) is 71.3 Å². The van der Waals surface area contributed by atoms with Gasteiger partial charge in [0.05, 0.1) is 24.7 Å². The SMILES string of the molecule is COC1(C(=O)N[C@@H](C)c2ccc(-n3cccn3)nc2)CN(c2nc(Nc3cc(C)[nH]n3)cc(C)c2C#N)C1. The van der Waals surface area contributed by atoms with Gasteiger partial charge in [0.2, 0.25) is 0 Å². The van der Waals surface area contributed by atoms with E-state index in [1.807, 2.05) is 56.1 Å². The lowest BCUT2D eigenvalue weighted by Gasteiger charge is -2.48. The molecule has 0 radical (unpaired) electrons. The lowest BCUT2D eigenvalue weighted by molar-refractivity contribution is -0.147. The zero-order valence-corrected chi connectivity index (χ0v) is 21.6. The van der Waals surface area contributed by atoms with Crippen molar-refractivity contribution in [2.24, 2.45) is 0 Å². The molecular weight excluding hydrogens is 484 g/mol. The summed E-state index contributed by atoms with van der Waals surface area (Å²) in [5.41, 5.74) is 1.92. The monoisotopic (exact) mass is 512 g/mol. The van der Waals surface area contributed by atoms with E-state index in [-0.39, 0.29) is 25.0 Å². The molecule has 0 aliphatic carbocycles. The number of ether oxygens (including phenoxy) is 1. The Kier molecular flexibility index (Phi) is 6.52. The Morgan fingerprint density at radius 2 is 2.08 bits per heavy atom. The molecule has 1 saturated heterocycles. The molecule has 5 rings (SSSR count). The molecule has 4 aromatic rings. The average molecular weight is 513 g/mol. The Balaban J connectivity index is 1.29. The molecule has 0 saturated carbocycles. The van der Waals surface area contributed by atoms with Crippen molar-refractivity contribution in [1.82, 2.24) is 35.3 Å². The topological polar surface area (TPSA) is 150 Å². The van der Waals surface area contributed by atoms with E-state index in [1.54, 1.807) is 23.1 Å². The van der Waals surface area contributed by atoms with E-state index in [0.29, 0.717) is 28.8 Å². The molecule has 5 heterocycles. The number of amides is 1. The molecule has 1 aliphatic rings. The summed E-state index contributed by atoms with van der Waals surface area (Å²) in [6.07, 6.45) is 5.23. The van der Waals surface area contributed by atoms with Crippen molar-refractivity contribution in [2.75, 3.05) is 30.4 Å². The summed E-state index contributed by atoms with van der Waals surface area (Å²) in [5.74, 6) is 2.13. The summed E-state index contributed by atoms with van der Waals surface area (Å²) in [5, 5.41) is 27.2. The van der Waals surface area contributed by atoms with Crippen molar-refractivity contribution in [3.63, 3.8) is 0 Å². The second kappa shape index (κ2) is 9.95. The van der Waals surface area contributed by atoms with Gasteiger partial charge in [0.1, 0.15) is 17.7 Å². The number of pyridine rings is 2. The molecule has 0 spiro atoms. The molecule has 0 aromatic carbocycles. The van der Waals surface area contributed by atoms with Gasteiger partial charge in [-0.2, -0.15) is 15.5 Å². The van der Waals surface area contributed by atoms with Gasteiger partial charge in [0.15, 0.2) is 17.2 Å². The number of carbonyl (C=O) groups is 1. The van der Waals surface area contributed by atoms with Crippen LogP contribution >= 0.6 is 0 Å². The first kappa shape index (κ1) is 24.9. The van der Waals surface area contributed by atoms with Crippen molar-refractivity contribution in [3.8, 4) is 11.9 Å². The first-order chi connectivity index (χ1) is 18.3. The zero-order valence-electron chi connectivity index (χ0n) is 21.6. The van der Waals surface area contributed by atoms with Crippen LogP contribution in [-0.2, 0) is 9.53 Å². The van der Waals surface area contributed by atoms with Crippen molar-refractivity contribution in [1.29, 1.82) is 5.26 Å². The van der Waals surface area contributed by atoms with E-state index in [2.05, 4.69) is 42.0 Å². The second-order valence-corrected chi connectivity index (χ2v) is 9.35. The Morgan fingerprint density at radius 1 is 1.26 bits per heavy atom. The third-order valence-corrected chi connectivity index (χ3v) is 6.63. The summed E-state index contributed by atoms with van der Waals surface area (Å²) in [7, 11) is 1.52. The lowest BCUT2D eigenvalue weighted by Crippen LogP contribution is -2.70. The molecule has 4 aromatic heterocycles. The number of rotatable bonds is 8. The third-order valence-electron chi connectivity index (χ3n) is 6.63. The molecule has 38 heavy (non-hydrogen) atoms. The molecule has 1 atom stereocenters. The van der Waals surface area contributed by atoms with Crippen LogP contribution in [0.3, 0.4) is 0 Å². The molecular formula is C26H28N10O2. The fourth-order valence-electron chi connectivity index (χ4n) is 4.39. The predicted octanol–water partition coefficient (Wildman–Crippen LogP) is 2.70. The second-order valence-electron chi connectivity index (χ2n) is 9.35. The zero-order chi connectivity index (χ0) is 26.9. The molecule has 12 heteroatoms. The number of aromatic amines is 1. The van der Waals surface area contributed by atoms with E-state index < -0.39 is 5.60 Å². The minimum atomic E-state index is -1.07. The van der Waals surface area contributed by atoms with Gasteiger partial charge in [0, 0.05) is 37.5 Å². The number of methoxy groups -OCH3 is 1. The first-order valence-corrected chi connectivity index (χ1v) is 12.1. The Hall–Kier alpha value is -4.76. The maximum Gasteiger partial charge on any atom is 0.256 e. The largest absolute Gasteiger partial charge is 0.365 e. The van der Waals surface area contributed by atoms with Crippen molar-refractivity contribution < 1.29 is 9.53 Å². The maximum absolute atomic E-state index is 13.3. The van der Waals surface area contributed by atoms with Crippen LogP contribution in [0.2, 0.25) is 0 Å². The summed E-state index contributed by atoms with van der Waals surface area (Å²) in [4.78, 5) is 24.3. The first-order valence-electron chi connectivity index (χ1n) is 12.1. The van der Waals surface area contributed by atoms with Gasteiger partial charge in [-0.3, -0.25) is 9.89 Å². The van der Waals surface area contributed by atoms with Crippen LogP contribution in [0.1, 0.15) is 35.3 Å². The van der Waals surface area contributed by atoms with E-state index in [9.17, 15) is 10.1 Å². The Morgan fingerprint density at radius 3 is 2.68 bits per heavy atom. The molecule has 0 bridgehead atoms. The van der Waals surface area contributed by atoms with Crippen LogP contribution in [0.25, 0.3) is 5.82 Å². The van der Waals surface area contributed by atoms with E-state index in [1.165, 1.54) is 7.11 Å². The van der Waals surface area contributed by atoms with Crippen LogP contribution in [0.4, 0.5) is 17.5 Å². The summed E-state index contributed by atoms with van der Waals surface area (Å²) < 4.78 is 7.37. The summed E-state index contributed by atoms with van der Waals surface area (Å²) in [6.45, 7) is 6.17. The van der Waals surface area contributed by atoms with Crippen molar-refractivity contribution >= 4 is 23.4 Å². The highest BCUT2D eigenvalue weighted by Gasteiger charge is 2.51. The Bertz CT molecular complexity index is 1480. The average Bonchev–Trinajstić information content (AvgIpc) is 3.56. The van der Waals surface area contributed by atoms with Gasteiger partial charge < -0.3 is 20.3 Å². The number of aryl methyl sites for hydroxylation is 2. The fourth-order valence-corrected chi connectivity index (χ4v) is 4.39. The molecule has 1 amide bonds. The highest BCUT2D eigenvalue weighted by molar-refractivity contribution is 5.89. The molecule has 12 nitrogen and oxygen atoms in total. The number of nitrogens with zero attached hydrogens (tertiary/aromatic N) is 7. The smallest absolute Gasteiger partial charge is 0.256 e. The van der Waals surface area contributed by atoms with E-state index in [4.69, 9.17) is 4.74 Å². The normalized spacial score (nSPS) is 14.9. The Labute approximate surface area is 219 Å². The van der Waals surface area contributed by atoms with E-state index in [0.717, 1.165) is 16.8 Å². The van der Waals surface area contributed by atoms with Gasteiger partial charge in [-0.05, 0) is 50.1 Å². The quantitative estimate of drug-likeness (QED) is 0.324. The van der Waals surface area contributed by atoms with Gasteiger partial charge in [-0.25, -0.2) is 14.6 Å². The molecule has 0 unspecified atom stereocenters. The van der Waals surface area contributed by atoms with Crippen LogP contribution in [0.15, 0.2) is 48.9 Å². The minimum Gasteiger partial charge on any atom is -0.365 e. The fraction of sp³-hybridized carbons (Fsp3) is 0.308. The number of aromatic nitrogens is 6. The summed E-state index contributed by atoms with van der Waals surface area (Å²) in [6, 6.07) is 11.2. The van der Waals surface area contributed by atoms with Gasteiger partial charge >= 0.3 is 0 Å². The van der Waals surface area contributed by atoms with Crippen LogP contribution in [-0.4, -0.2) is 61.7 Å². The highest BCUT2D eigenvalue weighted by Crippen LogP contribution is 2.34. The number of H-pyrrole nitrogens is 1. The van der Waals surface area contributed by atoms with Gasteiger partial charge in [0.25, 0.3) is 5.91 Å². The van der Waals surface area contributed by atoms with Crippen LogP contribution in [0, 0.1) is 25.2 Å². The summed E-state index contributed by atoms with van der Waals surface area (Å²) >= 11 is 0. The lowest BCUT2D eigenvalue weighted by atomic mass is 9.91. The van der Waals surface area contributed by atoms with Crippen molar-refractivity contribution in [2.45, 2.75) is 32.4 Å². The number of hydrogen-bond acceptors (Lipinski definition) is 9. The molecule has 1 fully saturated rings. The highest BCUT2D eigenvalue weighted by atomic mass is 16.5. The standard InChI is InChI=1S/C26H28N10O2/c1-16-10-21(31-22-11-17(2)33-34-22)32-24(20(16)12-27)35-14-26(15-35,38-4)25(37)30-18(3)19-6-7-23(28-13-19)36-9-5-8-29-36/h5-11,13,18H,14-15H2,1-4H3,(H,30,37)(H2,31,32,33,34)/t18-/m0/s1. The predicted molar refractivity (Wildman–Crippen MR) is 140 cm³/mol. The number of carbonyl (C=O) groups excluding carboxylic acids is 1. The molecule has 194 valence electrons. The number of nitrogens with one attached hydrogen (secondary N) is 3. The van der Waals surface area contributed by atoms with Crippen LogP contribution in [0.5, 0.6) is 0 Å². The van der Waals surface area contributed by atoms with Crippen LogP contribution < -0.4 is 15.5 Å². The maximum atomic E-state index is 13.3. The minimum absolute atomic E-state index is 0.239. The molecule has 3 N–H and O–H groups in total. The number of hydrogen-bond donors (Lipinski definition) is 3. The van der Waals surface area contributed by atoms with E-state index >= 15 is 0 Å². The molecule has 1 aliphatic heterocycles. The number of anilines is 3. The number of nitriles is 1. The third kappa shape index (κ3) is 4.67. The van der Waals surface area contributed by atoms with Gasteiger partial charge in [-0.15, -0.1) is 0 Å². The van der Waals surface area contributed by atoms with Gasteiger partial charge in [-0.1, -0.05) is 6.07 Å².